The van der Waals surface area contributed by atoms with E-state index in [0.717, 1.165) is 25.9 Å². The van der Waals surface area contributed by atoms with Gasteiger partial charge < -0.3 is 19.7 Å². The van der Waals surface area contributed by atoms with E-state index >= 15 is 0 Å². The van der Waals surface area contributed by atoms with Gasteiger partial charge in [0.1, 0.15) is 6.61 Å². The molecule has 0 unspecified atom stereocenters. The van der Waals surface area contributed by atoms with Crippen molar-refractivity contribution in [2.75, 3.05) is 46.0 Å². The fraction of sp³-hybridized carbons (Fsp3) is 0.909. The molecule has 92 valence electrons. The number of piperidine rings is 1. The van der Waals surface area contributed by atoms with E-state index in [-0.39, 0.29) is 18.6 Å². The second-order valence-corrected chi connectivity index (χ2v) is 4.25. The third kappa shape index (κ3) is 3.43. The molecular weight excluding hydrogens is 208 g/mol. The molecule has 0 atom stereocenters. The Morgan fingerprint density at radius 2 is 2.00 bits per heavy atom. The summed E-state index contributed by atoms with van der Waals surface area (Å²) in [4.78, 5) is 13.6. The summed E-state index contributed by atoms with van der Waals surface area (Å²) in [6, 6.07) is 0. The van der Waals surface area contributed by atoms with Crippen LogP contribution in [0.4, 0.5) is 0 Å². The van der Waals surface area contributed by atoms with E-state index in [1.54, 1.807) is 0 Å². The molecule has 2 aliphatic heterocycles. The Hall–Kier alpha value is -0.650. The first-order chi connectivity index (χ1) is 7.86. The Morgan fingerprint density at radius 1 is 1.31 bits per heavy atom. The van der Waals surface area contributed by atoms with Gasteiger partial charge in [-0.05, 0) is 25.9 Å². The molecule has 0 aliphatic carbocycles. The van der Waals surface area contributed by atoms with Crippen LogP contribution in [0.3, 0.4) is 0 Å². The van der Waals surface area contributed by atoms with Crippen molar-refractivity contribution in [2.45, 2.75) is 18.9 Å². The summed E-state index contributed by atoms with van der Waals surface area (Å²) < 4.78 is 10.8. The summed E-state index contributed by atoms with van der Waals surface area (Å²) in [5.41, 5.74) is 0. The highest BCUT2D eigenvalue weighted by atomic mass is 16.5. The molecule has 0 bridgehead atoms. The van der Waals surface area contributed by atoms with Crippen LogP contribution in [0.25, 0.3) is 0 Å². The van der Waals surface area contributed by atoms with Gasteiger partial charge in [-0.3, -0.25) is 4.79 Å². The average molecular weight is 228 g/mol. The molecule has 1 N–H and O–H groups in total. The van der Waals surface area contributed by atoms with Gasteiger partial charge in [0.05, 0.1) is 19.3 Å². The lowest BCUT2D eigenvalue weighted by atomic mass is 10.1. The fourth-order valence-corrected chi connectivity index (χ4v) is 2.06. The molecule has 1 amide bonds. The third-order valence-corrected chi connectivity index (χ3v) is 3.09. The molecule has 0 aromatic rings. The lowest BCUT2D eigenvalue weighted by Gasteiger charge is -2.28. The maximum atomic E-state index is 11.8. The molecule has 2 saturated heterocycles. The molecular formula is C11H20N2O3. The van der Waals surface area contributed by atoms with Crippen molar-refractivity contribution < 1.29 is 14.3 Å². The lowest BCUT2D eigenvalue weighted by molar-refractivity contribution is -0.142. The molecule has 2 heterocycles. The number of ether oxygens (including phenoxy) is 2. The molecule has 0 radical (unpaired) electrons. The number of hydrogen-bond acceptors (Lipinski definition) is 4. The zero-order chi connectivity index (χ0) is 11.2. The van der Waals surface area contributed by atoms with Gasteiger partial charge in [0.2, 0.25) is 5.91 Å². The maximum Gasteiger partial charge on any atom is 0.248 e. The molecule has 5 nitrogen and oxygen atoms in total. The zero-order valence-corrected chi connectivity index (χ0v) is 9.61. The standard InChI is InChI=1S/C11H20N2O3/c14-11(13-5-7-15-8-6-13)9-16-10-1-3-12-4-2-10/h10,12H,1-9H2. The number of carbonyl (C=O) groups excluding carboxylic acids is 1. The first kappa shape index (κ1) is 11.8. The third-order valence-electron chi connectivity index (χ3n) is 3.09. The van der Waals surface area contributed by atoms with Crippen LogP contribution in [0.2, 0.25) is 0 Å². The smallest absolute Gasteiger partial charge is 0.248 e. The topological polar surface area (TPSA) is 50.8 Å². The Morgan fingerprint density at radius 3 is 2.69 bits per heavy atom. The van der Waals surface area contributed by atoms with Gasteiger partial charge in [0.15, 0.2) is 0 Å². The number of rotatable bonds is 3. The molecule has 16 heavy (non-hydrogen) atoms. The van der Waals surface area contributed by atoms with E-state index in [0.29, 0.717) is 26.3 Å². The van der Waals surface area contributed by atoms with Gasteiger partial charge in [-0.1, -0.05) is 0 Å². The summed E-state index contributed by atoms with van der Waals surface area (Å²) in [7, 11) is 0. The normalized spacial score (nSPS) is 23.4. The molecule has 2 rings (SSSR count). The van der Waals surface area contributed by atoms with Crippen LogP contribution < -0.4 is 5.32 Å². The van der Waals surface area contributed by atoms with E-state index in [1.165, 1.54) is 0 Å². The Kier molecular flexibility index (Phi) is 4.56. The van der Waals surface area contributed by atoms with Crippen molar-refractivity contribution in [3.05, 3.63) is 0 Å². The predicted molar refractivity (Wildman–Crippen MR) is 59.2 cm³/mol. The van der Waals surface area contributed by atoms with Gasteiger partial charge >= 0.3 is 0 Å². The minimum absolute atomic E-state index is 0.0989. The van der Waals surface area contributed by atoms with Gasteiger partial charge in [-0.15, -0.1) is 0 Å². The Balaban J connectivity index is 1.65. The summed E-state index contributed by atoms with van der Waals surface area (Å²) in [5, 5.41) is 3.27. The largest absolute Gasteiger partial charge is 0.378 e. The van der Waals surface area contributed by atoms with Crippen LogP contribution in [0.5, 0.6) is 0 Å². The zero-order valence-electron chi connectivity index (χ0n) is 9.61. The van der Waals surface area contributed by atoms with Crippen molar-refractivity contribution in [3.8, 4) is 0 Å². The van der Waals surface area contributed by atoms with Crippen LogP contribution in [0.15, 0.2) is 0 Å². The lowest BCUT2D eigenvalue weighted by Crippen LogP contribution is -2.43. The van der Waals surface area contributed by atoms with Crippen LogP contribution in [0, 0.1) is 0 Å². The number of nitrogens with one attached hydrogen (secondary N) is 1. The van der Waals surface area contributed by atoms with Crippen molar-refractivity contribution in [1.29, 1.82) is 0 Å². The van der Waals surface area contributed by atoms with Crippen LogP contribution in [0.1, 0.15) is 12.8 Å². The molecule has 2 aliphatic rings. The SMILES string of the molecule is O=C(COC1CCNCC1)N1CCOCC1. The van der Waals surface area contributed by atoms with Gasteiger partial charge in [0, 0.05) is 13.1 Å². The molecule has 0 spiro atoms. The Labute approximate surface area is 96.1 Å². The van der Waals surface area contributed by atoms with E-state index in [1.807, 2.05) is 4.90 Å². The highest BCUT2D eigenvalue weighted by molar-refractivity contribution is 5.77. The summed E-state index contributed by atoms with van der Waals surface area (Å²) in [6.07, 6.45) is 2.28. The first-order valence-corrected chi connectivity index (χ1v) is 6.04. The van der Waals surface area contributed by atoms with Gasteiger partial charge in [0.25, 0.3) is 0 Å². The predicted octanol–water partition coefficient (Wildman–Crippen LogP) is -0.386. The monoisotopic (exact) mass is 228 g/mol. The maximum absolute atomic E-state index is 11.8. The van der Waals surface area contributed by atoms with Crippen LogP contribution in [-0.2, 0) is 14.3 Å². The summed E-state index contributed by atoms with van der Waals surface area (Å²) >= 11 is 0. The van der Waals surface area contributed by atoms with Crippen molar-refractivity contribution in [3.63, 3.8) is 0 Å². The quantitative estimate of drug-likeness (QED) is 0.715. The summed E-state index contributed by atoms with van der Waals surface area (Å²) in [5.74, 6) is 0.0989. The minimum Gasteiger partial charge on any atom is -0.378 e. The van der Waals surface area contributed by atoms with Crippen molar-refractivity contribution in [1.82, 2.24) is 10.2 Å². The molecule has 5 heteroatoms. The summed E-state index contributed by atoms with van der Waals surface area (Å²) in [6.45, 7) is 4.93. The highest BCUT2D eigenvalue weighted by Crippen LogP contribution is 2.07. The minimum atomic E-state index is 0.0989. The second-order valence-electron chi connectivity index (χ2n) is 4.25. The number of morpholine rings is 1. The molecule has 0 aromatic heterocycles. The molecule has 0 saturated carbocycles. The number of carbonyl (C=O) groups is 1. The number of hydrogen-bond donors (Lipinski definition) is 1. The second kappa shape index (κ2) is 6.18. The van der Waals surface area contributed by atoms with Crippen LogP contribution in [-0.4, -0.2) is 62.9 Å². The Bertz CT molecular complexity index is 223. The number of nitrogens with zero attached hydrogens (tertiary/aromatic N) is 1. The van der Waals surface area contributed by atoms with Gasteiger partial charge in [-0.2, -0.15) is 0 Å². The van der Waals surface area contributed by atoms with E-state index in [4.69, 9.17) is 9.47 Å². The fourth-order valence-electron chi connectivity index (χ4n) is 2.06. The van der Waals surface area contributed by atoms with E-state index < -0.39 is 0 Å². The van der Waals surface area contributed by atoms with Crippen LogP contribution >= 0.6 is 0 Å². The number of amides is 1. The molecule has 2 fully saturated rings. The first-order valence-electron chi connectivity index (χ1n) is 6.04. The van der Waals surface area contributed by atoms with Crippen molar-refractivity contribution in [2.24, 2.45) is 0 Å². The van der Waals surface area contributed by atoms with E-state index in [2.05, 4.69) is 5.32 Å². The van der Waals surface area contributed by atoms with Gasteiger partial charge in [-0.25, -0.2) is 0 Å². The average Bonchev–Trinajstić information content (AvgIpc) is 2.38. The highest BCUT2D eigenvalue weighted by Gasteiger charge is 2.19. The molecule has 0 aromatic carbocycles. The van der Waals surface area contributed by atoms with Crippen molar-refractivity contribution >= 4 is 5.91 Å². The van der Waals surface area contributed by atoms with E-state index in [9.17, 15) is 4.79 Å².